The SMILES string of the molecule is COCC(=O)c1ccnn1Cc1ccc(-c2noc(C(C)(F)F)n2)s1. The van der Waals surface area contributed by atoms with Gasteiger partial charge in [-0.2, -0.15) is 18.9 Å². The van der Waals surface area contributed by atoms with Gasteiger partial charge in [-0.1, -0.05) is 5.16 Å². The van der Waals surface area contributed by atoms with Crippen LogP contribution in [0.5, 0.6) is 0 Å². The topological polar surface area (TPSA) is 83.0 Å². The van der Waals surface area contributed by atoms with E-state index in [1.54, 1.807) is 22.9 Å². The summed E-state index contributed by atoms with van der Waals surface area (Å²) >= 11 is 1.31. The second-order valence-electron chi connectivity index (χ2n) is 5.31. The summed E-state index contributed by atoms with van der Waals surface area (Å²) in [6.07, 6.45) is 1.53. The van der Waals surface area contributed by atoms with Crippen molar-refractivity contribution in [3.8, 4) is 10.7 Å². The lowest BCUT2D eigenvalue weighted by atomic mass is 10.3. The van der Waals surface area contributed by atoms with E-state index in [1.807, 2.05) is 0 Å². The quantitative estimate of drug-likeness (QED) is 0.596. The van der Waals surface area contributed by atoms with Crippen LogP contribution in [0.25, 0.3) is 10.7 Å². The van der Waals surface area contributed by atoms with Crippen LogP contribution in [0.2, 0.25) is 0 Å². The van der Waals surface area contributed by atoms with Gasteiger partial charge in [0.2, 0.25) is 11.6 Å². The third-order valence-electron chi connectivity index (χ3n) is 3.27. The molecule has 132 valence electrons. The van der Waals surface area contributed by atoms with Gasteiger partial charge in [-0.05, 0) is 18.2 Å². The van der Waals surface area contributed by atoms with Crippen molar-refractivity contribution in [1.82, 2.24) is 19.9 Å². The van der Waals surface area contributed by atoms with Gasteiger partial charge in [0.1, 0.15) is 12.3 Å². The second-order valence-corrected chi connectivity index (χ2v) is 6.48. The first-order valence-electron chi connectivity index (χ1n) is 7.23. The molecule has 3 aromatic heterocycles. The first-order chi connectivity index (χ1) is 11.9. The first-order valence-corrected chi connectivity index (χ1v) is 8.05. The van der Waals surface area contributed by atoms with E-state index in [0.717, 1.165) is 4.88 Å². The highest BCUT2D eigenvalue weighted by Gasteiger charge is 2.32. The number of hydrogen-bond donors (Lipinski definition) is 0. The molecular formula is C15H14F2N4O3S. The molecule has 0 bridgehead atoms. The highest BCUT2D eigenvalue weighted by molar-refractivity contribution is 7.15. The number of Topliss-reactive ketones (excluding diaryl/α,β-unsaturated/α-hetero) is 1. The molecule has 7 nitrogen and oxygen atoms in total. The molecule has 0 radical (unpaired) electrons. The van der Waals surface area contributed by atoms with Crippen LogP contribution in [0.1, 0.15) is 28.2 Å². The van der Waals surface area contributed by atoms with Crippen LogP contribution in [0.4, 0.5) is 8.78 Å². The number of thiophene rings is 1. The molecule has 3 heterocycles. The van der Waals surface area contributed by atoms with Crippen LogP contribution in [0, 0.1) is 0 Å². The van der Waals surface area contributed by atoms with Crippen LogP contribution >= 0.6 is 11.3 Å². The Morgan fingerprint density at radius 3 is 2.88 bits per heavy atom. The Kier molecular flexibility index (Phi) is 4.73. The highest BCUT2D eigenvalue weighted by atomic mass is 32.1. The molecule has 0 saturated carbocycles. The van der Waals surface area contributed by atoms with Crippen molar-refractivity contribution in [2.45, 2.75) is 19.4 Å². The summed E-state index contributed by atoms with van der Waals surface area (Å²) in [6.45, 7) is 1.02. The van der Waals surface area contributed by atoms with E-state index < -0.39 is 11.8 Å². The molecule has 0 aliphatic rings. The summed E-state index contributed by atoms with van der Waals surface area (Å²) in [5, 5.41) is 7.72. The summed E-state index contributed by atoms with van der Waals surface area (Å²) in [6, 6.07) is 5.12. The van der Waals surface area contributed by atoms with Crippen molar-refractivity contribution in [2.75, 3.05) is 13.7 Å². The molecule has 0 amide bonds. The zero-order valence-electron chi connectivity index (χ0n) is 13.4. The number of hydrogen-bond acceptors (Lipinski definition) is 7. The number of carbonyl (C=O) groups excluding carboxylic acids is 1. The van der Waals surface area contributed by atoms with Crippen LogP contribution in [0.15, 0.2) is 28.9 Å². The monoisotopic (exact) mass is 368 g/mol. The largest absolute Gasteiger partial charge is 0.376 e. The van der Waals surface area contributed by atoms with E-state index in [0.29, 0.717) is 24.0 Å². The maximum absolute atomic E-state index is 13.2. The van der Waals surface area contributed by atoms with Gasteiger partial charge in [0.05, 0.1) is 11.4 Å². The Morgan fingerprint density at radius 2 is 2.20 bits per heavy atom. The van der Waals surface area contributed by atoms with Gasteiger partial charge in [-0.15, -0.1) is 11.3 Å². The molecule has 3 rings (SSSR count). The number of nitrogens with zero attached hydrogens (tertiary/aromatic N) is 4. The molecule has 0 N–H and O–H groups in total. The van der Waals surface area contributed by atoms with Crippen molar-refractivity contribution >= 4 is 17.1 Å². The predicted molar refractivity (Wildman–Crippen MR) is 84.7 cm³/mol. The summed E-state index contributed by atoms with van der Waals surface area (Å²) in [5.74, 6) is -3.98. The average Bonchev–Trinajstić information content (AvgIpc) is 3.27. The molecule has 0 aliphatic heterocycles. The number of rotatable bonds is 7. The third-order valence-corrected chi connectivity index (χ3v) is 4.33. The van der Waals surface area contributed by atoms with E-state index in [2.05, 4.69) is 19.8 Å². The maximum Gasteiger partial charge on any atom is 0.322 e. The summed E-state index contributed by atoms with van der Waals surface area (Å²) in [7, 11) is 1.45. The van der Waals surface area contributed by atoms with Crippen molar-refractivity contribution in [2.24, 2.45) is 0 Å². The minimum Gasteiger partial charge on any atom is -0.376 e. The normalized spacial score (nSPS) is 11.8. The number of ether oxygens (including phenoxy) is 1. The molecule has 0 unspecified atom stereocenters. The summed E-state index contributed by atoms with van der Waals surface area (Å²) in [5.41, 5.74) is 0.435. The Labute approximate surface area is 145 Å². The van der Waals surface area contributed by atoms with Crippen LogP contribution in [-0.2, 0) is 17.2 Å². The molecule has 0 aliphatic carbocycles. The number of methoxy groups -OCH3 is 1. The highest BCUT2D eigenvalue weighted by Crippen LogP contribution is 2.30. The van der Waals surface area contributed by atoms with Gasteiger partial charge in [-0.3, -0.25) is 9.48 Å². The molecule has 0 spiro atoms. The molecule has 25 heavy (non-hydrogen) atoms. The second kappa shape index (κ2) is 6.81. The van der Waals surface area contributed by atoms with Gasteiger partial charge < -0.3 is 9.26 Å². The minimum atomic E-state index is -3.18. The van der Waals surface area contributed by atoms with E-state index in [9.17, 15) is 13.6 Å². The van der Waals surface area contributed by atoms with Crippen LogP contribution in [-0.4, -0.2) is 39.4 Å². The molecule has 0 fully saturated rings. The number of halogens is 2. The lowest BCUT2D eigenvalue weighted by molar-refractivity contribution is -0.0158. The van der Waals surface area contributed by atoms with Gasteiger partial charge in [0, 0.05) is 25.1 Å². The molecule has 0 atom stereocenters. The van der Waals surface area contributed by atoms with Crippen molar-refractivity contribution < 1.29 is 22.8 Å². The fourth-order valence-electron chi connectivity index (χ4n) is 2.13. The van der Waals surface area contributed by atoms with Gasteiger partial charge in [0.25, 0.3) is 5.89 Å². The smallest absolute Gasteiger partial charge is 0.322 e. The van der Waals surface area contributed by atoms with E-state index in [1.165, 1.54) is 24.6 Å². The molecule has 10 heteroatoms. The third kappa shape index (κ3) is 3.80. The van der Waals surface area contributed by atoms with Crippen molar-refractivity contribution in [3.05, 3.63) is 40.9 Å². The van der Waals surface area contributed by atoms with Crippen molar-refractivity contribution in [1.29, 1.82) is 0 Å². The first kappa shape index (κ1) is 17.4. The van der Waals surface area contributed by atoms with E-state index in [-0.39, 0.29) is 18.2 Å². The number of alkyl halides is 2. The van der Waals surface area contributed by atoms with E-state index >= 15 is 0 Å². The minimum absolute atomic E-state index is 0.0295. The lowest BCUT2D eigenvalue weighted by Gasteiger charge is -2.04. The van der Waals surface area contributed by atoms with Crippen LogP contribution in [0.3, 0.4) is 0 Å². The lowest BCUT2D eigenvalue weighted by Crippen LogP contribution is -2.14. The van der Waals surface area contributed by atoms with E-state index in [4.69, 9.17) is 4.74 Å². The Morgan fingerprint density at radius 1 is 1.40 bits per heavy atom. The summed E-state index contributed by atoms with van der Waals surface area (Å²) in [4.78, 5) is 17.1. The average molecular weight is 368 g/mol. The Balaban J connectivity index is 1.78. The molecular weight excluding hydrogens is 354 g/mol. The van der Waals surface area contributed by atoms with Gasteiger partial charge in [-0.25, -0.2) is 0 Å². The summed E-state index contributed by atoms with van der Waals surface area (Å²) < 4.78 is 37.4. The molecule has 0 aromatic carbocycles. The van der Waals surface area contributed by atoms with Crippen LogP contribution < -0.4 is 0 Å². The predicted octanol–water partition coefficient (Wildman–Crippen LogP) is 2.98. The van der Waals surface area contributed by atoms with Crippen molar-refractivity contribution in [3.63, 3.8) is 0 Å². The standard InChI is InChI=1S/C15H14F2N4O3S/c1-15(16,17)14-19-13(20-24-14)12-4-3-9(25-12)7-21-10(5-6-18-21)11(22)8-23-2/h3-6H,7-8H2,1-2H3. The number of carbonyl (C=O) groups is 1. The number of ketones is 1. The van der Waals surface area contributed by atoms with Gasteiger partial charge in [0.15, 0.2) is 0 Å². The Hall–Kier alpha value is -2.46. The fraction of sp³-hybridized carbons (Fsp3) is 0.333. The molecule has 3 aromatic rings. The molecule has 0 saturated heterocycles. The number of aromatic nitrogens is 4. The Bertz CT molecular complexity index is 881. The maximum atomic E-state index is 13.2. The zero-order chi connectivity index (χ0) is 18.0. The van der Waals surface area contributed by atoms with Gasteiger partial charge >= 0.3 is 5.92 Å². The fourth-order valence-corrected chi connectivity index (χ4v) is 3.05. The zero-order valence-corrected chi connectivity index (χ0v) is 14.2.